The monoisotopic (exact) mass is 644 g/mol. The number of carbonyl (C=O) groups excluding carboxylic acids is 2. The third-order valence-corrected chi connectivity index (χ3v) is 8.13. The van der Waals surface area contributed by atoms with Gasteiger partial charge in [0.25, 0.3) is 0 Å². The molecular formula is C32H48N6O8. The van der Waals surface area contributed by atoms with E-state index in [-0.39, 0.29) is 12.7 Å². The van der Waals surface area contributed by atoms with Gasteiger partial charge in [-0.1, -0.05) is 36.4 Å². The molecule has 0 saturated heterocycles. The van der Waals surface area contributed by atoms with Crippen molar-refractivity contribution < 1.29 is 39.5 Å². The number of rotatable bonds is 15. The van der Waals surface area contributed by atoms with Crippen molar-refractivity contribution in [3.8, 4) is 0 Å². The number of nitrogens with one attached hydrogen (secondary N) is 3. The van der Waals surface area contributed by atoms with Gasteiger partial charge in [-0.05, 0) is 58.1 Å². The quantitative estimate of drug-likeness (QED) is 0.141. The first-order valence-electron chi connectivity index (χ1n) is 16.0. The number of unbranched alkanes of at least 4 members (excludes halogenated alkanes) is 1. The Labute approximate surface area is 269 Å². The number of alkyl carbamates (subject to hydrolysis) is 1. The fraction of sp³-hybridized carbons (Fsp3) is 0.562. The fourth-order valence-electron chi connectivity index (χ4n) is 5.68. The summed E-state index contributed by atoms with van der Waals surface area (Å²) < 4.78 is 10.7. The maximum absolute atomic E-state index is 12.5. The summed E-state index contributed by atoms with van der Waals surface area (Å²) in [6, 6.07) is 14.5. The molecule has 46 heavy (non-hydrogen) atoms. The number of carbonyl (C=O) groups is 2. The highest BCUT2D eigenvalue weighted by Crippen LogP contribution is 2.33. The molecule has 0 spiro atoms. The number of anilines is 2. The molecule has 254 valence electrons. The molecule has 4 rings (SSSR count). The van der Waals surface area contributed by atoms with Gasteiger partial charge in [0.15, 0.2) is 12.7 Å². The standard InChI is InChI=1S/C32H48N6O8/c1-3-45-32(44)36(19-11-21-38-28(40)24-14-5-7-16-26(24)35-30(38)42)18-9-8-17-33-31(43)46-22(2)12-10-20-37-27(39)23-13-4-6-15-25(23)34-29(37)41/h4-7,13-16,22,27-30,34-35,39-42H,3,8-12,17-21H2,1-2H3,(H,33,43). The molecule has 14 nitrogen and oxygen atoms in total. The van der Waals surface area contributed by atoms with E-state index < -0.39 is 37.3 Å². The SMILES string of the molecule is CCOC(=O)N(CCCCNC(=O)OC(C)CCCN1C(O)Nc2ccccc2C1O)CCCN1C(O)Nc2ccccc2C1O. The molecule has 0 radical (unpaired) electrons. The first-order valence-corrected chi connectivity index (χ1v) is 16.0. The molecule has 2 aromatic carbocycles. The van der Waals surface area contributed by atoms with Crippen LogP contribution in [0.3, 0.4) is 0 Å². The first-order chi connectivity index (χ1) is 22.2. The molecule has 0 aliphatic carbocycles. The van der Waals surface area contributed by atoms with Crippen LogP contribution >= 0.6 is 0 Å². The van der Waals surface area contributed by atoms with Crippen LogP contribution in [0.5, 0.6) is 0 Å². The van der Waals surface area contributed by atoms with Gasteiger partial charge in [-0.3, -0.25) is 0 Å². The van der Waals surface area contributed by atoms with Crippen LogP contribution in [0, 0.1) is 0 Å². The molecule has 2 aliphatic rings. The van der Waals surface area contributed by atoms with E-state index in [4.69, 9.17) is 9.47 Å². The van der Waals surface area contributed by atoms with Crippen molar-refractivity contribution in [3.05, 3.63) is 59.7 Å². The summed E-state index contributed by atoms with van der Waals surface area (Å²) in [5.74, 6) is 0. The zero-order chi connectivity index (χ0) is 33.1. The van der Waals surface area contributed by atoms with Gasteiger partial charge in [-0.25, -0.2) is 19.4 Å². The highest BCUT2D eigenvalue weighted by atomic mass is 16.6. The number of nitrogens with zero attached hydrogens (tertiary/aromatic N) is 3. The summed E-state index contributed by atoms with van der Waals surface area (Å²) in [6.45, 7) is 5.70. The maximum Gasteiger partial charge on any atom is 0.409 e. The van der Waals surface area contributed by atoms with E-state index in [1.807, 2.05) is 30.3 Å². The summed E-state index contributed by atoms with van der Waals surface area (Å²) in [6.07, 6.45) is -2.43. The number of fused-ring (bicyclic) bond motifs is 2. The third kappa shape index (κ3) is 9.44. The number of aliphatic hydroxyl groups excluding tert-OH is 4. The van der Waals surface area contributed by atoms with Gasteiger partial charge in [0.05, 0.1) is 6.61 Å². The third-order valence-electron chi connectivity index (χ3n) is 8.13. The second kappa shape index (κ2) is 17.3. The number of para-hydroxylation sites is 2. The largest absolute Gasteiger partial charge is 0.450 e. The minimum absolute atomic E-state index is 0.245. The number of benzene rings is 2. The lowest BCUT2D eigenvalue weighted by atomic mass is 10.1. The van der Waals surface area contributed by atoms with E-state index in [0.717, 1.165) is 0 Å². The molecule has 2 aromatic rings. The Morgan fingerprint density at radius 3 is 1.98 bits per heavy atom. The van der Waals surface area contributed by atoms with Crippen molar-refractivity contribution in [2.75, 3.05) is 50.0 Å². The van der Waals surface area contributed by atoms with E-state index in [9.17, 15) is 30.0 Å². The number of aliphatic hydroxyl groups is 4. The average molecular weight is 645 g/mol. The van der Waals surface area contributed by atoms with Crippen molar-refractivity contribution in [2.24, 2.45) is 0 Å². The smallest absolute Gasteiger partial charge is 0.409 e. The molecular weight excluding hydrogens is 596 g/mol. The van der Waals surface area contributed by atoms with Crippen LogP contribution in [0.15, 0.2) is 48.5 Å². The van der Waals surface area contributed by atoms with E-state index in [1.54, 1.807) is 41.8 Å². The lowest BCUT2D eigenvalue weighted by Gasteiger charge is -2.38. The molecule has 0 fully saturated rings. The van der Waals surface area contributed by atoms with Crippen LogP contribution in [0.2, 0.25) is 0 Å². The molecule has 5 atom stereocenters. The number of ether oxygens (including phenoxy) is 2. The van der Waals surface area contributed by atoms with Crippen molar-refractivity contribution in [1.29, 1.82) is 0 Å². The predicted molar refractivity (Wildman–Crippen MR) is 171 cm³/mol. The Balaban J connectivity index is 1.11. The summed E-state index contributed by atoms with van der Waals surface area (Å²) in [5, 5.41) is 50.9. The van der Waals surface area contributed by atoms with E-state index >= 15 is 0 Å². The lowest BCUT2D eigenvalue weighted by molar-refractivity contribution is -0.0992. The number of hydrogen-bond acceptors (Lipinski definition) is 12. The molecule has 2 aliphatic heterocycles. The van der Waals surface area contributed by atoms with Crippen LogP contribution in [-0.4, -0.2) is 105 Å². The Hall–Kier alpha value is -3.66. The number of amides is 2. The van der Waals surface area contributed by atoms with Crippen molar-refractivity contribution in [2.45, 2.75) is 77.2 Å². The van der Waals surface area contributed by atoms with Gasteiger partial charge in [-0.2, -0.15) is 0 Å². The highest BCUT2D eigenvalue weighted by molar-refractivity contribution is 5.68. The minimum atomic E-state index is -1.06. The summed E-state index contributed by atoms with van der Waals surface area (Å²) in [7, 11) is 0. The first kappa shape index (κ1) is 35.2. The zero-order valence-corrected chi connectivity index (χ0v) is 26.5. The molecule has 7 N–H and O–H groups in total. The van der Waals surface area contributed by atoms with Gasteiger partial charge in [0, 0.05) is 55.2 Å². The predicted octanol–water partition coefficient (Wildman–Crippen LogP) is 2.90. The molecule has 0 bridgehead atoms. The molecule has 2 heterocycles. The van der Waals surface area contributed by atoms with Crippen LogP contribution in [0.4, 0.5) is 21.0 Å². The topological polar surface area (TPSA) is 179 Å². The van der Waals surface area contributed by atoms with Crippen LogP contribution in [0.25, 0.3) is 0 Å². The Morgan fingerprint density at radius 1 is 0.848 bits per heavy atom. The van der Waals surface area contributed by atoms with E-state index in [2.05, 4.69) is 16.0 Å². The van der Waals surface area contributed by atoms with Gasteiger partial charge < -0.3 is 50.8 Å². The Bertz CT molecular complexity index is 1270. The Morgan fingerprint density at radius 2 is 1.39 bits per heavy atom. The molecule has 0 saturated carbocycles. The molecule has 14 heteroatoms. The van der Waals surface area contributed by atoms with Gasteiger partial charge in [0.1, 0.15) is 18.6 Å². The molecule has 2 amide bonds. The average Bonchev–Trinajstić information content (AvgIpc) is 3.03. The van der Waals surface area contributed by atoms with Crippen LogP contribution in [-0.2, 0) is 9.47 Å². The normalized spacial score (nSPS) is 21.6. The van der Waals surface area contributed by atoms with Crippen molar-refractivity contribution in [1.82, 2.24) is 20.0 Å². The summed E-state index contributed by atoms with van der Waals surface area (Å²) in [4.78, 5) is 29.5. The van der Waals surface area contributed by atoms with E-state index in [1.165, 1.54) is 4.90 Å². The van der Waals surface area contributed by atoms with Crippen molar-refractivity contribution >= 4 is 23.6 Å². The highest BCUT2D eigenvalue weighted by Gasteiger charge is 2.32. The summed E-state index contributed by atoms with van der Waals surface area (Å²) in [5.41, 5.74) is 2.75. The van der Waals surface area contributed by atoms with Crippen molar-refractivity contribution in [3.63, 3.8) is 0 Å². The number of hydrogen-bond donors (Lipinski definition) is 7. The maximum atomic E-state index is 12.5. The van der Waals surface area contributed by atoms with Gasteiger partial charge >= 0.3 is 12.2 Å². The zero-order valence-electron chi connectivity index (χ0n) is 26.5. The van der Waals surface area contributed by atoms with Crippen LogP contribution in [0.1, 0.15) is 69.5 Å². The van der Waals surface area contributed by atoms with E-state index in [0.29, 0.717) is 87.3 Å². The van der Waals surface area contributed by atoms with Gasteiger partial charge in [-0.15, -0.1) is 0 Å². The second-order valence-electron chi connectivity index (χ2n) is 11.5. The lowest BCUT2D eigenvalue weighted by Crippen LogP contribution is -2.48. The van der Waals surface area contributed by atoms with Crippen LogP contribution < -0.4 is 16.0 Å². The molecule has 5 unspecified atom stereocenters. The Kier molecular flexibility index (Phi) is 13.2. The second-order valence-corrected chi connectivity index (χ2v) is 11.5. The summed E-state index contributed by atoms with van der Waals surface area (Å²) >= 11 is 0. The fourth-order valence-corrected chi connectivity index (χ4v) is 5.68. The minimum Gasteiger partial charge on any atom is -0.450 e. The molecule has 0 aromatic heterocycles. The van der Waals surface area contributed by atoms with Gasteiger partial charge in [0.2, 0.25) is 0 Å².